The van der Waals surface area contributed by atoms with Gasteiger partial charge in [0.05, 0.1) is 0 Å². The molecule has 0 aromatic heterocycles. The van der Waals surface area contributed by atoms with Crippen LogP contribution in [-0.2, 0) is 0 Å². The lowest BCUT2D eigenvalue weighted by atomic mass is 10.0. The number of hydrogen-bond donors (Lipinski definition) is 1. The summed E-state index contributed by atoms with van der Waals surface area (Å²) in [5.41, 5.74) is 0.243. The summed E-state index contributed by atoms with van der Waals surface area (Å²) in [5, 5.41) is 1.89. The van der Waals surface area contributed by atoms with E-state index in [1.165, 1.54) is 0 Å². The van der Waals surface area contributed by atoms with Crippen LogP contribution in [0.2, 0.25) is 0 Å². The van der Waals surface area contributed by atoms with Crippen molar-refractivity contribution in [3.63, 3.8) is 0 Å². The molecule has 1 aliphatic heterocycles. The van der Waals surface area contributed by atoms with Gasteiger partial charge in [0.1, 0.15) is 0 Å². The molecule has 74 valence electrons. The second kappa shape index (κ2) is 4.80. The van der Waals surface area contributed by atoms with Gasteiger partial charge in [0.25, 0.3) is 0 Å². The van der Waals surface area contributed by atoms with Crippen LogP contribution in [0.15, 0.2) is 0 Å². The van der Waals surface area contributed by atoms with Gasteiger partial charge in [0.2, 0.25) is 0 Å². The van der Waals surface area contributed by atoms with Gasteiger partial charge in [-0.25, -0.2) is 5.01 Å². The Morgan fingerprint density at radius 3 is 2.00 bits per heavy atom. The highest BCUT2D eigenvalue weighted by Crippen LogP contribution is 2.15. The lowest BCUT2D eigenvalue weighted by Gasteiger charge is -2.43. The quantitative estimate of drug-likeness (QED) is 0.553. The van der Waals surface area contributed by atoms with Gasteiger partial charge in [-0.05, 0) is 20.9 Å². The van der Waals surface area contributed by atoms with E-state index in [0.29, 0.717) is 0 Å². The van der Waals surface area contributed by atoms with Gasteiger partial charge in [-0.1, -0.05) is 13.8 Å². The summed E-state index contributed by atoms with van der Waals surface area (Å²) in [6.07, 6.45) is 0. The van der Waals surface area contributed by atoms with Crippen LogP contribution < -0.4 is 5.84 Å². The van der Waals surface area contributed by atoms with Crippen molar-refractivity contribution in [3.05, 3.63) is 0 Å². The molecule has 1 rings (SSSR count). The van der Waals surface area contributed by atoms with Gasteiger partial charge in [-0.3, -0.25) is 10.7 Å². The van der Waals surface area contributed by atoms with Gasteiger partial charge < -0.3 is 0 Å². The molecular formula is C9H23N3. The first-order chi connectivity index (χ1) is 5.52. The molecule has 0 aromatic carbocycles. The molecule has 1 heterocycles. The van der Waals surface area contributed by atoms with E-state index in [4.69, 9.17) is 5.84 Å². The van der Waals surface area contributed by atoms with Crippen LogP contribution >= 0.6 is 0 Å². The average molecular weight is 173 g/mol. The number of piperazine rings is 1. The molecule has 1 fully saturated rings. The summed E-state index contributed by atoms with van der Waals surface area (Å²) in [6, 6.07) is 0. The van der Waals surface area contributed by atoms with Crippen LogP contribution in [0.1, 0.15) is 27.7 Å². The van der Waals surface area contributed by atoms with Crippen molar-refractivity contribution in [2.75, 3.05) is 26.7 Å². The smallest absolute Gasteiger partial charge is 0.0308 e. The fraction of sp³-hybridized carbons (Fsp3) is 1.00. The molecule has 0 bridgehead atoms. The summed E-state index contributed by atoms with van der Waals surface area (Å²) in [5.74, 6) is 5.68. The highest BCUT2D eigenvalue weighted by Gasteiger charge is 2.29. The van der Waals surface area contributed by atoms with Crippen LogP contribution in [0.3, 0.4) is 0 Å². The molecule has 0 spiro atoms. The minimum Gasteiger partial charge on any atom is -0.299 e. The standard InChI is InChI=1S/C7H17N3.C2H6/c1-7(2)6-10(8)5-4-9(7)3;1-2/h4-6,8H2,1-3H3;1-2H3. The van der Waals surface area contributed by atoms with Crippen molar-refractivity contribution < 1.29 is 0 Å². The summed E-state index contributed by atoms with van der Waals surface area (Å²) in [4.78, 5) is 2.34. The number of rotatable bonds is 0. The van der Waals surface area contributed by atoms with Crippen LogP contribution in [0.25, 0.3) is 0 Å². The van der Waals surface area contributed by atoms with Gasteiger partial charge >= 0.3 is 0 Å². The van der Waals surface area contributed by atoms with E-state index in [0.717, 1.165) is 19.6 Å². The Morgan fingerprint density at radius 1 is 1.17 bits per heavy atom. The molecule has 2 N–H and O–H groups in total. The van der Waals surface area contributed by atoms with E-state index in [1.807, 2.05) is 18.9 Å². The molecule has 3 nitrogen and oxygen atoms in total. The Bertz CT molecular complexity index is 123. The van der Waals surface area contributed by atoms with Crippen molar-refractivity contribution in [2.24, 2.45) is 5.84 Å². The fourth-order valence-corrected chi connectivity index (χ4v) is 1.28. The van der Waals surface area contributed by atoms with Gasteiger partial charge in [-0.15, -0.1) is 0 Å². The second-order valence-electron chi connectivity index (χ2n) is 3.70. The van der Waals surface area contributed by atoms with Crippen molar-refractivity contribution in [1.82, 2.24) is 9.91 Å². The summed E-state index contributed by atoms with van der Waals surface area (Å²) >= 11 is 0. The fourth-order valence-electron chi connectivity index (χ4n) is 1.28. The monoisotopic (exact) mass is 173 g/mol. The molecule has 0 aromatic rings. The van der Waals surface area contributed by atoms with E-state index in [1.54, 1.807) is 0 Å². The van der Waals surface area contributed by atoms with E-state index in [-0.39, 0.29) is 5.54 Å². The zero-order valence-corrected chi connectivity index (χ0v) is 9.09. The topological polar surface area (TPSA) is 32.5 Å². The van der Waals surface area contributed by atoms with Crippen molar-refractivity contribution in [1.29, 1.82) is 0 Å². The SMILES string of the molecule is CC.CN1CCN(N)CC1(C)C. The van der Waals surface area contributed by atoms with Gasteiger partial charge in [0.15, 0.2) is 0 Å². The van der Waals surface area contributed by atoms with Crippen LogP contribution in [0.5, 0.6) is 0 Å². The van der Waals surface area contributed by atoms with Crippen molar-refractivity contribution in [2.45, 2.75) is 33.2 Å². The third kappa shape index (κ3) is 3.09. The number of likely N-dealkylation sites (N-methyl/N-ethyl adjacent to an activating group) is 1. The third-order valence-electron chi connectivity index (χ3n) is 2.35. The molecule has 0 unspecified atom stereocenters. The Morgan fingerprint density at radius 2 is 1.67 bits per heavy atom. The maximum absolute atomic E-state index is 5.68. The van der Waals surface area contributed by atoms with E-state index < -0.39 is 0 Å². The summed E-state index contributed by atoms with van der Waals surface area (Å²) in [7, 11) is 2.15. The number of nitrogens with two attached hydrogens (primary N) is 1. The van der Waals surface area contributed by atoms with Crippen LogP contribution in [-0.4, -0.2) is 42.1 Å². The Kier molecular flexibility index (Phi) is 4.75. The second-order valence-corrected chi connectivity index (χ2v) is 3.70. The third-order valence-corrected chi connectivity index (χ3v) is 2.35. The van der Waals surface area contributed by atoms with E-state index >= 15 is 0 Å². The van der Waals surface area contributed by atoms with E-state index in [2.05, 4.69) is 25.8 Å². The lowest BCUT2D eigenvalue weighted by molar-refractivity contribution is 0.0400. The highest BCUT2D eigenvalue weighted by atomic mass is 15.4. The maximum Gasteiger partial charge on any atom is 0.0308 e. The molecule has 1 saturated heterocycles. The molecule has 3 heteroatoms. The van der Waals surface area contributed by atoms with Crippen LogP contribution in [0, 0.1) is 0 Å². The lowest BCUT2D eigenvalue weighted by Crippen LogP contribution is -2.59. The average Bonchev–Trinajstić information content (AvgIpc) is 2.01. The first-order valence-electron chi connectivity index (χ1n) is 4.73. The Balaban J connectivity index is 0.000000561. The van der Waals surface area contributed by atoms with Gasteiger partial charge in [-0.2, -0.15) is 0 Å². The molecule has 0 saturated carbocycles. The first-order valence-corrected chi connectivity index (χ1v) is 4.73. The molecule has 0 radical (unpaired) electrons. The predicted molar refractivity (Wildman–Crippen MR) is 53.8 cm³/mol. The van der Waals surface area contributed by atoms with Crippen molar-refractivity contribution in [3.8, 4) is 0 Å². The molecule has 0 amide bonds. The zero-order valence-electron chi connectivity index (χ0n) is 9.09. The minimum atomic E-state index is 0.243. The van der Waals surface area contributed by atoms with Crippen LogP contribution in [0.4, 0.5) is 0 Å². The summed E-state index contributed by atoms with van der Waals surface area (Å²) < 4.78 is 0. The van der Waals surface area contributed by atoms with Gasteiger partial charge in [0, 0.05) is 25.2 Å². The molecule has 1 aliphatic rings. The largest absolute Gasteiger partial charge is 0.299 e. The molecule has 0 atom stereocenters. The molecule has 12 heavy (non-hydrogen) atoms. The van der Waals surface area contributed by atoms with E-state index in [9.17, 15) is 0 Å². The summed E-state index contributed by atoms with van der Waals surface area (Å²) in [6.45, 7) is 11.4. The maximum atomic E-state index is 5.68. The molecule has 0 aliphatic carbocycles. The minimum absolute atomic E-state index is 0.243. The van der Waals surface area contributed by atoms with Crippen molar-refractivity contribution >= 4 is 0 Å². The number of nitrogens with zero attached hydrogens (tertiary/aromatic N) is 2. The Hall–Kier alpha value is -0.120. The Labute approximate surface area is 76.5 Å². The normalized spacial score (nSPS) is 24.5. The first kappa shape index (κ1) is 11.9. The predicted octanol–water partition coefficient (Wildman–Crippen LogP) is 0.912. The zero-order chi connectivity index (χ0) is 9.78. The highest BCUT2D eigenvalue weighted by molar-refractivity contribution is 4.85. The number of hydrazine groups is 1. The molecular weight excluding hydrogens is 150 g/mol. The number of hydrogen-bond acceptors (Lipinski definition) is 3.